The second-order valence-corrected chi connectivity index (χ2v) is 8.72. The van der Waals surface area contributed by atoms with Gasteiger partial charge in [-0.05, 0) is 18.4 Å². The minimum atomic E-state index is -3.11. The Morgan fingerprint density at radius 2 is 1.65 bits per heavy atom. The van der Waals surface area contributed by atoms with Crippen molar-refractivity contribution >= 4 is 30.9 Å². The first kappa shape index (κ1) is 19.2. The lowest BCUT2D eigenvalue weighted by Gasteiger charge is -2.39. The minimum Gasteiger partial charge on any atom is -0.301 e. The van der Waals surface area contributed by atoms with Gasteiger partial charge >= 0.3 is 7.67 Å². The summed E-state index contributed by atoms with van der Waals surface area (Å²) in [7, 11) is -3.11. The Balaban J connectivity index is 2.16. The topological polar surface area (TPSA) is 32.8 Å². The van der Waals surface area contributed by atoms with E-state index in [1.807, 2.05) is 39.7 Å². The molecule has 7 heteroatoms. The molecule has 1 fully saturated rings. The summed E-state index contributed by atoms with van der Waals surface area (Å²) in [4.78, 5) is 0. The zero-order valence-corrected chi connectivity index (χ0v) is 15.8. The van der Waals surface area contributed by atoms with Crippen molar-refractivity contribution in [2.24, 2.45) is 0 Å². The molecule has 1 atom stereocenters. The number of benzene rings is 1. The van der Waals surface area contributed by atoms with Crippen molar-refractivity contribution in [3.63, 3.8) is 0 Å². The lowest BCUT2D eigenvalue weighted by molar-refractivity contribution is 0.191. The van der Waals surface area contributed by atoms with Gasteiger partial charge in [-0.1, -0.05) is 36.8 Å². The van der Waals surface area contributed by atoms with Crippen molar-refractivity contribution < 1.29 is 9.09 Å². The Morgan fingerprint density at radius 1 is 1.04 bits per heavy atom. The van der Waals surface area contributed by atoms with Crippen LogP contribution < -0.4 is 0 Å². The van der Waals surface area contributed by atoms with Crippen LogP contribution in [0.25, 0.3) is 0 Å². The van der Waals surface area contributed by atoms with Gasteiger partial charge < -0.3 is 4.52 Å². The molecule has 1 saturated heterocycles. The zero-order valence-electron chi connectivity index (χ0n) is 13.4. The van der Waals surface area contributed by atoms with Crippen molar-refractivity contribution in [1.29, 1.82) is 0 Å². The molecular weight excluding hydrogens is 354 g/mol. The number of halogens is 2. The summed E-state index contributed by atoms with van der Waals surface area (Å²) in [5.41, 5.74) is 1.02. The average Bonchev–Trinajstić information content (AvgIpc) is 2.61. The average molecular weight is 379 g/mol. The van der Waals surface area contributed by atoms with E-state index in [1.54, 1.807) is 0 Å². The van der Waals surface area contributed by atoms with Gasteiger partial charge in [0.15, 0.2) is 0 Å². The zero-order chi connectivity index (χ0) is 16.5. The Hall–Kier alpha value is -0.0900. The summed E-state index contributed by atoms with van der Waals surface area (Å²) in [5, 5.41) is 0. The highest BCUT2D eigenvalue weighted by atomic mass is 35.5. The van der Waals surface area contributed by atoms with Gasteiger partial charge in [0.2, 0.25) is 0 Å². The normalized spacial score (nSPS) is 18.9. The van der Waals surface area contributed by atoms with Crippen molar-refractivity contribution in [3.05, 3.63) is 35.9 Å². The first-order chi connectivity index (χ1) is 11.2. The van der Waals surface area contributed by atoms with E-state index in [2.05, 4.69) is 0 Å². The molecule has 0 saturated carbocycles. The van der Waals surface area contributed by atoms with Crippen LogP contribution in [0.15, 0.2) is 30.3 Å². The molecule has 0 radical (unpaired) electrons. The van der Waals surface area contributed by atoms with E-state index in [-0.39, 0.29) is 0 Å². The molecular formula is C16H25Cl2N2O2P. The Labute approximate surface area is 149 Å². The second kappa shape index (κ2) is 10.0. The molecule has 0 aromatic heterocycles. The van der Waals surface area contributed by atoms with Crippen LogP contribution in [0.5, 0.6) is 0 Å². The van der Waals surface area contributed by atoms with Gasteiger partial charge in [0, 0.05) is 37.9 Å². The summed E-state index contributed by atoms with van der Waals surface area (Å²) in [6.07, 6.45) is 3.28. The van der Waals surface area contributed by atoms with Crippen LogP contribution >= 0.6 is 30.9 Å². The first-order valence-corrected chi connectivity index (χ1v) is 10.7. The highest BCUT2D eigenvalue weighted by Crippen LogP contribution is 2.55. The number of alkyl halides is 2. The van der Waals surface area contributed by atoms with Crippen LogP contribution in [0.4, 0.5) is 0 Å². The predicted molar refractivity (Wildman–Crippen MR) is 97.3 cm³/mol. The highest BCUT2D eigenvalue weighted by Gasteiger charge is 2.38. The fourth-order valence-corrected chi connectivity index (χ4v) is 5.90. The summed E-state index contributed by atoms with van der Waals surface area (Å²) >= 11 is 11.8. The molecule has 0 amide bonds. The molecule has 0 bridgehead atoms. The maximum absolute atomic E-state index is 13.7. The molecule has 23 heavy (non-hydrogen) atoms. The molecule has 0 unspecified atom stereocenters. The number of piperidine rings is 1. The van der Waals surface area contributed by atoms with Gasteiger partial charge in [0.05, 0.1) is 6.61 Å². The van der Waals surface area contributed by atoms with Crippen LogP contribution in [0.1, 0.15) is 24.8 Å². The summed E-state index contributed by atoms with van der Waals surface area (Å²) in [6, 6.07) is 9.84. The molecule has 1 aromatic rings. The first-order valence-electron chi connectivity index (χ1n) is 8.12. The lowest BCUT2D eigenvalue weighted by atomic mass is 10.2. The summed E-state index contributed by atoms with van der Waals surface area (Å²) < 4.78 is 23.6. The molecule has 2 rings (SSSR count). The van der Waals surface area contributed by atoms with Gasteiger partial charge in [-0.15, -0.1) is 23.2 Å². The van der Waals surface area contributed by atoms with E-state index in [4.69, 9.17) is 27.7 Å². The van der Waals surface area contributed by atoms with E-state index >= 15 is 0 Å². The van der Waals surface area contributed by atoms with Crippen LogP contribution in [0.3, 0.4) is 0 Å². The molecule has 4 nitrogen and oxygen atoms in total. The molecule has 1 aliphatic heterocycles. The minimum absolute atomic E-state index is 0.329. The Bertz CT molecular complexity index is 492. The number of hydrogen-bond donors (Lipinski definition) is 0. The predicted octanol–water partition coefficient (Wildman–Crippen LogP) is 4.58. The van der Waals surface area contributed by atoms with Gasteiger partial charge in [0.25, 0.3) is 0 Å². The third-order valence-electron chi connectivity index (χ3n) is 3.97. The molecule has 0 N–H and O–H groups in total. The molecule has 0 spiro atoms. The Kier molecular flexibility index (Phi) is 8.39. The monoisotopic (exact) mass is 378 g/mol. The maximum atomic E-state index is 13.7. The largest absolute Gasteiger partial charge is 0.346 e. The van der Waals surface area contributed by atoms with E-state index in [0.29, 0.717) is 31.5 Å². The molecule has 1 aromatic carbocycles. The maximum Gasteiger partial charge on any atom is 0.346 e. The fraction of sp³-hybridized carbons (Fsp3) is 0.625. The smallest absolute Gasteiger partial charge is 0.301 e. The SMILES string of the molecule is O=[P@@](OCc1ccccc1)(N(CCCl)CCCl)N1CCCCC1. The third kappa shape index (κ3) is 5.45. The van der Waals surface area contributed by atoms with Crippen LogP contribution in [-0.2, 0) is 15.7 Å². The van der Waals surface area contributed by atoms with E-state index in [1.165, 1.54) is 6.42 Å². The van der Waals surface area contributed by atoms with Crippen LogP contribution in [0, 0.1) is 0 Å². The Morgan fingerprint density at radius 3 is 2.22 bits per heavy atom. The number of rotatable bonds is 9. The number of hydrogen-bond acceptors (Lipinski definition) is 2. The van der Waals surface area contributed by atoms with Crippen molar-refractivity contribution in [1.82, 2.24) is 9.34 Å². The molecule has 1 heterocycles. The molecule has 0 aliphatic carbocycles. The van der Waals surface area contributed by atoms with Gasteiger partial charge in [-0.25, -0.2) is 9.34 Å². The lowest BCUT2D eigenvalue weighted by Crippen LogP contribution is -2.38. The van der Waals surface area contributed by atoms with Crippen molar-refractivity contribution in [2.75, 3.05) is 37.9 Å². The van der Waals surface area contributed by atoms with E-state index in [9.17, 15) is 4.57 Å². The van der Waals surface area contributed by atoms with E-state index < -0.39 is 7.67 Å². The molecule has 1 aliphatic rings. The highest BCUT2D eigenvalue weighted by molar-refractivity contribution is 7.53. The van der Waals surface area contributed by atoms with Crippen molar-refractivity contribution in [3.8, 4) is 0 Å². The number of nitrogens with zero attached hydrogens (tertiary/aromatic N) is 2. The second-order valence-electron chi connectivity index (χ2n) is 5.60. The van der Waals surface area contributed by atoms with Gasteiger partial charge in [-0.2, -0.15) is 0 Å². The van der Waals surface area contributed by atoms with Gasteiger partial charge in [0.1, 0.15) is 0 Å². The standard InChI is InChI=1S/C16H25Cl2N2O2P/c17-9-13-20(14-10-18)23(21,19-11-5-2-6-12-19)22-15-16-7-3-1-4-8-16/h1,3-4,7-8H,2,5-6,9-15H2/t23-/m0/s1. The summed E-state index contributed by atoms with van der Waals surface area (Å²) in [6.45, 7) is 2.95. The van der Waals surface area contributed by atoms with Crippen LogP contribution in [0.2, 0.25) is 0 Å². The quantitative estimate of drug-likeness (QED) is 0.465. The fourth-order valence-electron chi connectivity index (χ4n) is 2.76. The molecule has 130 valence electrons. The van der Waals surface area contributed by atoms with Crippen molar-refractivity contribution in [2.45, 2.75) is 25.9 Å². The van der Waals surface area contributed by atoms with E-state index in [0.717, 1.165) is 31.5 Å². The third-order valence-corrected chi connectivity index (χ3v) is 7.01. The van der Waals surface area contributed by atoms with Gasteiger partial charge in [-0.3, -0.25) is 4.57 Å². The van der Waals surface area contributed by atoms with Crippen LogP contribution in [-0.4, -0.2) is 47.3 Å². The summed E-state index contributed by atoms with van der Waals surface area (Å²) in [5.74, 6) is 0.812.